The second-order valence-corrected chi connectivity index (χ2v) is 10.8. The normalized spacial score (nSPS) is 17.1. The molecular formula is C28H32ClN5O2S. The molecule has 3 aromatic rings. The standard InChI is InChI=1S/C28H32ClN5O2S/c29-25-18-26(34-14-16-36-17-15-34)32-28(31-25)37-20-22-6-8-23(9-7-22)27(35)30-24-10-12-33(13-11-24)19-21-4-2-1-3-5-21/h1-9,18,24H,10-17,19-20H2,(H,30,35). The van der Waals surface area contributed by atoms with E-state index < -0.39 is 0 Å². The number of rotatable bonds is 8. The van der Waals surface area contributed by atoms with Crippen molar-refractivity contribution in [2.24, 2.45) is 0 Å². The fourth-order valence-corrected chi connectivity index (χ4v) is 5.69. The topological polar surface area (TPSA) is 70.6 Å². The van der Waals surface area contributed by atoms with Gasteiger partial charge in [0, 0.05) is 56.1 Å². The zero-order valence-corrected chi connectivity index (χ0v) is 22.4. The molecule has 37 heavy (non-hydrogen) atoms. The zero-order chi connectivity index (χ0) is 25.5. The largest absolute Gasteiger partial charge is 0.378 e. The first kappa shape index (κ1) is 26.0. The van der Waals surface area contributed by atoms with Gasteiger partial charge in [-0.2, -0.15) is 0 Å². The van der Waals surface area contributed by atoms with Gasteiger partial charge >= 0.3 is 0 Å². The average Bonchev–Trinajstić information content (AvgIpc) is 2.94. The lowest BCUT2D eigenvalue weighted by atomic mass is 10.0. The molecule has 0 unspecified atom stereocenters. The van der Waals surface area contributed by atoms with Gasteiger partial charge in [-0.1, -0.05) is 65.8 Å². The number of benzene rings is 2. The lowest BCUT2D eigenvalue weighted by Crippen LogP contribution is -2.44. The highest BCUT2D eigenvalue weighted by molar-refractivity contribution is 7.98. The van der Waals surface area contributed by atoms with Crippen molar-refractivity contribution in [2.75, 3.05) is 44.3 Å². The minimum Gasteiger partial charge on any atom is -0.378 e. The molecule has 1 amide bonds. The summed E-state index contributed by atoms with van der Waals surface area (Å²) in [5.74, 6) is 1.53. The number of morpholine rings is 1. The van der Waals surface area contributed by atoms with Crippen LogP contribution in [0.3, 0.4) is 0 Å². The maximum Gasteiger partial charge on any atom is 0.251 e. The van der Waals surface area contributed by atoms with E-state index in [9.17, 15) is 4.79 Å². The quantitative estimate of drug-likeness (QED) is 0.255. The zero-order valence-electron chi connectivity index (χ0n) is 20.8. The summed E-state index contributed by atoms with van der Waals surface area (Å²) in [5.41, 5.74) is 3.13. The molecule has 0 aliphatic carbocycles. The SMILES string of the molecule is O=C(NC1CCN(Cc2ccccc2)CC1)c1ccc(CSc2nc(Cl)cc(N3CCOCC3)n2)cc1. The predicted molar refractivity (Wildman–Crippen MR) is 148 cm³/mol. The number of ether oxygens (including phenoxy) is 1. The van der Waals surface area contributed by atoms with Gasteiger partial charge in [-0.3, -0.25) is 9.69 Å². The van der Waals surface area contributed by atoms with Gasteiger partial charge in [-0.05, 0) is 36.1 Å². The van der Waals surface area contributed by atoms with Crippen LogP contribution < -0.4 is 10.2 Å². The van der Waals surface area contributed by atoms with Crippen molar-refractivity contribution < 1.29 is 9.53 Å². The Hall–Kier alpha value is -2.65. The molecule has 2 aromatic carbocycles. The van der Waals surface area contributed by atoms with E-state index in [1.807, 2.05) is 30.3 Å². The third-order valence-electron chi connectivity index (χ3n) is 6.75. The number of nitrogens with zero attached hydrogens (tertiary/aromatic N) is 4. The number of anilines is 1. The molecule has 0 bridgehead atoms. The van der Waals surface area contributed by atoms with Crippen molar-refractivity contribution in [1.29, 1.82) is 0 Å². The number of carbonyl (C=O) groups excluding carboxylic acids is 1. The first-order chi connectivity index (χ1) is 18.1. The Balaban J connectivity index is 1.09. The fourth-order valence-electron chi connectivity index (χ4n) is 4.65. The maximum absolute atomic E-state index is 12.8. The summed E-state index contributed by atoms with van der Waals surface area (Å²) >= 11 is 7.80. The molecule has 0 saturated carbocycles. The number of likely N-dealkylation sites (tertiary alicyclic amines) is 1. The number of hydrogen-bond acceptors (Lipinski definition) is 7. The summed E-state index contributed by atoms with van der Waals surface area (Å²) in [6.07, 6.45) is 1.94. The first-order valence-electron chi connectivity index (χ1n) is 12.8. The fraction of sp³-hybridized carbons (Fsp3) is 0.393. The smallest absolute Gasteiger partial charge is 0.251 e. The van der Waals surface area contributed by atoms with E-state index in [-0.39, 0.29) is 11.9 Å². The summed E-state index contributed by atoms with van der Waals surface area (Å²) in [5, 5.41) is 4.31. The third kappa shape index (κ3) is 7.45. The van der Waals surface area contributed by atoms with Crippen molar-refractivity contribution in [3.63, 3.8) is 0 Å². The lowest BCUT2D eigenvalue weighted by Gasteiger charge is -2.32. The molecule has 194 valence electrons. The molecule has 2 aliphatic heterocycles. The number of nitrogens with one attached hydrogen (secondary N) is 1. The Morgan fingerprint density at radius 1 is 0.973 bits per heavy atom. The highest BCUT2D eigenvalue weighted by atomic mass is 35.5. The minimum atomic E-state index is -0.00552. The highest BCUT2D eigenvalue weighted by Crippen LogP contribution is 2.25. The second kappa shape index (κ2) is 12.7. The van der Waals surface area contributed by atoms with Crippen LogP contribution in [0.2, 0.25) is 5.15 Å². The van der Waals surface area contributed by atoms with Crippen LogP contribution in [-0.2, 0) is 17.0 Å². The second-order valence-electron chi connectivity index (χ2n) is 9.43. The Morgan fingerprint density at radius 2 is 1.70 bits per heavy atom. The van der Waals surface area contributed by atoms with Gasteiger partial charge in [0.25, 0.3) is 5.91 Å². The number of hydrogen-bond donors (Lipinski definition) is 1. The molecule has 1 aromatic heterocycles. The first-order valence-corrected chi connectivity index (χ1v) is 14.1. The Kier molecular flexibility index (Phi) is 8.94. The van der Waals surface area contributed by atoms with Crippen molar-refractivity contribution in [3.05, 3.63) is 82.5 Å². The molecule has 0 radical (unpaired) electrons. The predicted octanol–water partition coefficient (Wildman–Crippen LogP) is 4.65. The number of halogens is 1. The molecule has 0 atom stereocenters. The highest BCUT2D eigenvalue weighted by Gasteiger charge is 2.21. The van der Waals surface area contributed by atoms with Crippen molar-refractivity contribution in [1.82, 2.24) is 20.2 Å². The van der Waals surface area contributed by atoms with Crippen LogP contribution in [0.15, 0.2) is 65.8 Å². The third-order valence-corrected chi connectivity index (χ3v) is 7.86. The van der Waals surface area contributed by atoms with Crippen LogP contribution in [0.4, 0.5) is 5.82 Å². The number of amides is 1. The van der Waals surface area contributed by atoms with Crippen LogP contribution in [0.25, 0.3) is 0 Å². The maximum atomic E-state index is 12.8. The van der Waals surface area contributed by atoms with Gasteiger partial charge in [0.15, 0.2) is 5.16 Å². The summed E-state index contributed by atoms with van der Waals surface area (Å²) in [7, 11) is 0. The van der Waals surface area contributed by atoms with E-state index >= 15 is 0 Å². The molecule has 9 heteroatoms. The molecule has 2 saturated heterocycles. The monoisotopic (exact) mass is 537 g/mol. The molecule has 3 heterocycles. The molecule has 2 fully saturated rings. The summed E-state index contributed by atoms with van der Waals surface area (Å²) in [4.78, 5) is 26.5. The minimum absolute atomic E-state index is 0.00552. The van der Waals surface area contributed by atoms with Crippen LogP contribution >= 0.6 is 23.4 Å². The van der Waals surface area contributed by atoms with Crippen LogP contribution in [0.1, 0.15) is 34.3 Å². The number of thioether (sulfide) groups is 1. The lowest BCUT2D eigenvalue weighted by molar-refractivity contribution is 0.0909. The van der Waals surface area contributed by atoms with E-state index in [1.54, 1.807) is 6.07 Å². The average molecular weight is 538 g/mol. The van der Waals surface area contributed by atoms with Crippen LogP contribution in [0, 0.1) is 0 Å². The number of piperidine rings is 1. The molecule has 2 aliphatic rings. The van der Waals surface area contributed by atoms with Gasteiger partial charge in [-0.15, -0.1) is 0 Å². The molecule has 7 nitrogen and oxygen atoms in total. The Labute approximate surface area is 227 Å². The number of aromatic nitrogens is 2. The molecular weight excluding hydrogens is 506 g/mol. The summed E-state index contributed by atoms with van der Waals surface area (Å²) in [6.45, 7) is 5.94. The molecule has 5 rings (SSSR count). The van der Waals surface area contributed by atoms with E-state index in [0.29, 0.717) is 34.8 Å². The Bertz CT molecular complexity index is 1170. The summed E-state index contributed by atoms with van der Waals surface area (Å²) < 4.78 is 5.43. The van der Waals surface area contributed by atoms with Gasteiger partial charge in [0.05, 0.1) is 13.2 Å². The molecule has 1 N–H and O–H groups in total. The van der Waals surface area contributed by atoms with Gasteiger partial charge < -0.3 is 15.0 Å². The van der Waals surface area contributed by atoms with E-state index in [1.165, 1.54) is 17.3 Å². The Morgan fingerprint density at radius 3 is 2.43 bits per heavy atom. The van der Waals surface area contributed by atoms with Crippen molar-refractivity contribution in [3.8, 4) is 0 Å². The summed E-state index contributed by atoms with van der Waals surface area (Å²) in [6, 6.07) is 20.4. The van der Waals surface area contributed by atoms with Gasteiger partial charge in [-0.25, -0.2) is 9.97 Å². The van der Waals surface area contributed by atoms with Gasteiger partial charge in [0.2, 0.25) is 0 Å². The number of carbonyl (C=O) groups is 1. The molecule has 0 spiro atoms. The van der Waals surface area contributed by atoms with E-state index in [4.69, 9.17) is 16.3 Å². The van der Waals surface area contributed by atoms with Crippen LogP contribution in [0.5, 0.6) is 0 Å². The van der Waals surface area contributed by atoms with Crippen molar-refractivity contribution >= 4 is 35.1 Å². The van der Waals surface area contributed by atoms with E-state index in [2.05, 4.69) is 49.4 Å². The van der Waals surface area contributed by atoms with Gasteiger partial charge in [0.1, 0.15) is 11.0 Å². The van der Waals surface area contributed by atoms with E-state index in [0.717, 1.165) is 56.9 Å². The van der Waals surface area contributed by atoms with Crippen molar-refractivity contribution in [2.45, 2.75) is 36.3 Å². The van der Waals surface area contributed by atoms with Crippen LogP contribution in [-0.4, -0.2) is 66.2 Å².